The van der Waals surface area contributed by atoms with Crippen molar-refractivity contribution >= 4 is 24.6 Å². The topological polar surface area (TPSA) is 94.1 Å². The van der Waals surface area contributed by atoms with Gasteiger partial charge in [-0.15, -0.1) is 0 Å². The van der Waals surface area contributed by atoms with Crippen LogP contribution in [0.25, 0.3) is 0 Å². The maximum atomic E-state index is 11.0. The molecule has 0 aliphatic heterocycles. The molecule has 0 aromatic heterocycles. The van der Waals surface area contributed by atoms with Crippen LogP contribution in [0.1, 0.15) is 6.42 Å². The summed E-state index contributed by atoms with van der Waals surface area (Å²) in [6.45, 7) is 0.597. The Kier molecular flexibility index (Phi) is 6.78. The van der Waals surface area contributed by atoms with Gasteiger partial charge in [0, 0.05) is 39.6 Å². The Morgan fingerprint density at radius 1 is 1.19 bits per heavy atom. The van der Waals surface area contributed by atoms with Crippen LogP contribution in [-0.2, 0) is 23.4 Å². The summed E-state index contributed by atoms with van der Waals surface area (Å²) in [6.07, 6.45) is 0.734. The Morgan fingerprint density at radius 2 is 1.81 bits per heavy atom. The molecule has 9 heteroatoms. The van der Waals surface area contributed by atoms with Crippen molar-refractivity contribution in [2.75, 3.05) is 33.2 Å². The normalized spacial score (nSPS) is 12.4. The number of anilines is 1. The van der Waals surface area contributed by atoms with E-state index in [9.17, 15) is 8.42 Å². The maximum absolute atomic E-state index is 11.0. The average molecular weight is 335 g/mol. The first-order valence-corrected chi connectivity index (χ1v) is 9.71. The van der Waals surface area contributed by atoms with Gasteiger partial charge in [-0.25, -0.2) is 0 Å². The smallest absolute Gasteiger partial charge is 0.385 e. The number of benzene rings is 1. The van der Waals surface area contributed by atoms with Crippen LogP contribution in [0, 0.1) is 0 Å². The lowest BCUT2D eigenvalue weighted by Crippen LogP contribution is -2.42. The van der Waals surface area contributed by atoms with Gasteiger partial charge < -0.3 is 18.6 Å². The van der Waals surface area contributed by atoms with Gasteiger partial charge in [0.25, 0.3) is 10.1 Å². The standard InChI is InChI=1S/C12H21NO6SSi/c1-17-21(18-2,19-3)9-5-8-13-11-6-4-7-12(10-11)20(14,15)16/h4,6-7,10,13H,5,8-9H2,1-3H3,(H,14,15,16). The Hall–Kier alpha value is -0.973. The zero-order chi connectivity index (χ0) is 15.9. The zero-order valence-electron chi connectivity index (χ0n) is 12.3. The van der Waals surface area contributed by atoms with Crippen molar-refractivity contribution in [1.29, 1.82) is 0 Å². The fourth-order valence-electron chi connectivity index (χ4n) is 1.86. The van der Waals surface area contributed by atoms with Gasteiger partial charge >= 0.3 is 8.80 Å². The molecule has 7 nitrogen and oxygen atoms in total. The van der Waals surface area contributed by atoms with Crippen LogP contribution in [-0.4, -0.2) is 49.6 Å². The third kappa shape index (κ3) is 5.38. The third-order valence-corrected chi connectivity index (χ3v) is 6.74. The number of hydrogen-bond acceptors (Lipinski definition) is 6. The number of rotatable bonds is 9. The minimum absolute atomic E-state index is 0.137. The molecule has 120 valence electrons. The highest BCUT2D eigenvalue weighted by atomic mass is 32.2. The molecule has 1 rings (SSSR count). The van der Waals surface area contributed by atoms with Crippen molar-refractivity contribution in [2.24, 2.45) is 0 Å². The van der Waals surface area contributed by atoms with Gasteiger partial charge in [0.05, 0.1) is 4.90 Å². The summed E-state index contributed by atoms with van der Waals surface area (Å²) in [7, 11) is -2.08. The Balaban J connectivity index is 2.54. The quantitative estimate of drug-likeness (QED) is 0.402. The summed E-state index contributed by atoms with van der Waals surface area (Å²) in [5.41, 5.74) is 0.615. The van der Waals surface area contributed by atoms with Gasteiger partial charge in [-0.05, 0) is 24.6 Å². The molecule has 0 spiro atoms. The fourth-order valence-corrected chi connectivity index (χ4v) is 4.11. The Labute approximate surface area is 126 Å². The van der Waals surface area contributed by atoms with E-state index in [1.54, 1.807) is 33.5 Å². The van der Waals surface area contributed by atoms with Crippen LogP contribution >= 0.6 is 0 Å². The second-order valence-electron chi connectivity index (χ2n) is 4.33. The first kappa shape index (κ1) is 18.1. The summed E-state index contributed by atoms with van der Waals surface area (Å²) in [4.78, 5) is -0.137. The molecule has 0 radical (unpaired) electrons. The maximum Gasteiger partial charge on any atom is 0.500 e. The fraction of sp³-hybridized carbons (Fsp3) is 0.500. The Bertz CT molecular complexity index is 538. The summed E-state index contributed by atoms with van der Waals surface area (Å²) < 4.78 is 47.0. The molecule has 21 heavy (non-hydrogen) atoms. The first-order chi connectivity index (χ1) is 9.87. The highest BCUT2D eigenvalue weighted by Gasteiger charge is 2.36. The minimum atomic E-state index is -4.18. The van der Waals surface area contributed by atoms with E-state index in [4.69, 9.17) is 17.8 Å². The van der Waals surface area contributed by atoms with Crippen molar-refractivity contribution in [1.82, 2.24) is 0 Å². The van der Waals surface area contributed by atoms with E-state index in [0.717, 1.165) is 6.42 Å². The molecule has 0 aliphatic rings. The average Bonchev–Trinajstić information content (AvgIpc) is 2.48. The van der Waals surface area contributed by atoms with Crippen molar-refractivity contribution in [3.8, 4) is 0 Å². The lowest BCUT2D eigenvalue weighted by Gasteiger charge is -2.24. The molecule has 0 heterocycles. The van der Waals surface area contributed by atoms with Gasteiger partial charge in [-0.1, -0.05) is 6.07 Å². The van der Waals surface area contributed by atoms with E-state index in [1.165, 1.54) is 12.1 Å². The van der Waals surface area contributed by atoms with Crippen molar-refractivity contribution in [2.45, 2.75) is 17.4 Å². The molecule has 1 aromatic carbocycles. The Morgan fingerprint density at radius 3 is 2.33 bits per heavy atom. The molecule has 0 fully saturated rings. The van der Waals surface area contributed by atoms with E-state index in [2.05, 4.69) is 5.32 Å². The van der Waals surface area contributed by atoms with Gasteiger partial charge in [0.2, 0.25) is 0 Å². The van der Waals surface area contributed by atoms with Crippen LogP contribution in [0.3, 0.4) is 0 Å². The van der Waals surface area contributed by atoms with Crippen molar-refractivity contribution in [3.05, 3.63) is 24.3 Å². The molecule has 0 aliphatic carbocycles. The van der Waals surface area contributed by atoms with Crippen LogP contribution in [0.5, 0.6) is 0 Å². The molecule has 0 saturated heterocycles. The number of nitrogens with one attached hydrogen (secondary N) is 1. The van der Waals surface area contributed by atoms with Crippen LogP contribution in [0.4, 0.5) is 5.69 Å². The van der Waals surface area contributed by atoms with E-state index in [1.807, 2.05) is 0 Å². The zero-order valence-corrected chi connectivity index (χ0v) is 14.1. The molecular weight excluding hydrogens is 314 g/mol. The predicted octanol–water partition coefficient (Wildman–Crippen LogP) is 1.61. The first-order valence-electron chi connectivity index (χ1n) is 6.34. The molecule has 0 saturated carbocycles. The second-order valence-corrected chi connectivity index (χ2v) is 8.84. The highest BCUT2D eigenvalue weighted by Crippen LogP contribution is 2.17. The molecule has 2 N–H and O–H groups in total. The summed E-state index contributed by atoms with van der Waals surface area (Å²) >= 11 is 0. The molecule has 0 bridgehead atoms. The molecule has 1 aromatic rings. The van der Waals surface area contributed by atoms with Crippen molar-refractivity contribution < 1.29 is 26.2 Å². The van der Waals surface area contributed by atoms with Crippen LogP contribution in [0.15, 0.2) is 29.2 Å². The summed E-state index contributed by atoms with van der Waals surface area (Å²) in [5.74, 6) is 0. The van der Waals surface area contributed by atoms with Crippen molar-refractivity contribution in [3.63, 3.8) is 0 Å². The van der Waals surface area contributed by atoms with E-state index >= 15 is 0 Å². The van der Waals surface area contributed by atoms with E-state index in [-0.39, 0.29) is 4.90 Å². The summed E-state index contributed by atoms with van der Waals surface area (Å²) in [6, 6.07) is 6.63. The van der Waals surface area contributed by atoms with Gasteiger partial charge in [0.1, 0.15) is 0 Å². The van der Waals surface area contributed by atoms with Gasteiger partial charge in [-0.3, -0.25) is 4.55 Å². The monoisotopic (exact) mass is 335 g/mol. The van der Waals surface area contributed by atoms with E-state index < -0.39 is 18.9 Å². The van der Waals surface area contributed by atoms with Gasteiger partial charge in [-0.2, -0.15) is 8.42 Å². The molecule has 0 atom stereocenters. The van der Waals surface area contributed by atoms with Crippen LogP contribution < -0.4 is 5.32 Å². The molecule has 0 unspecified atom stereocenters. The third-order valence-electron chi connectivity index (χ3n) is 3.05. The van der Waals surface area contributed by atoms with Crippen LogP contribution in [0.2, 0.25) is 6.04 Å². The van der Waals surface area contributed by atoms with Gasteiger partial charge in [0.15, 0.2) is 0 Å². The highest BCUT2D eigenvalue weighted by molar-refractivity contribution is 7.85. The molecular formula is C12H21NO6SSi. The minimum Gasteiger partial charge on any atom is -0.385 e. The summed E-state index contributed by atoms with van der Waals surface area (Å²) in [5, 5.41) is 3.08. The lowest BCUT2D eigenvalue weighted by molar-refractivity contribution is 0.123. The largest absolute Gasteiger partial charge is 0.500 e. The molecule has 0 amide bonds. The predicted molar refractivity (Wildman–Crippen MR) is 81.0 cm³/mol. The SMILES string of the molecule is CO[Si](CCCNc1cccc(S(=O)(=O)O)c1)(OC)OC. The second kappa shape index (κ2) is 7.87. The van der Waals surface area contributed by atoms with E-state index in [0.29, 0.717) is 18.3 Å². The number of hydrogen-bond donors (Lipinski definition) is 2. The lowest BCUT2D eigenvalue weighted by atomic mass is 10.3.